The highest BCUT2D eigenvalue weighted by Crippen LogP contribution is 2.24. The number of aryl methyl sites for hydroxylation is 2. The second-order valence-corrected chi connectivity index (χ2v) is 8.77. The predicted octanol–water partition coefficient (Wildman–Crippen LogP) is 2.86. The van der Waals surface area contributed by atoms with Crippen molar-refractivity contribution in [3.05, 3.63) is 50.1 Å². The number of aromatic nitrogens is 4. The number of thioether (sulfide) groups is 1. The number of imidazole rings is 1. The van der Waals surface area contributed by atoms with Crippen molar-refractivity contribution in [3.63, 3.8) is 0 Å². The van der Waals surface area contributed by atoms with E-state index in [9.17, 15) is 14.4 Å². The van der Waals surface area contributed by atoms with Gasteiger partial charge in [0.25, 0.3) is 5.56 Å². The van der Waals surface area contributed by atoms with Crippen molar-refractivity contribution >= 4 is 46.1 Å². The Morgan fingerprint density at radius 1 is 1.20 bits per heavy atom. The van der Waals surface area contributed by atoms with E-state index in [4.69, 9.17) is 11.6 Å². The van der Waals surface area contributed by atoms with E-state index >= 15 is 0 Å². The van der Waals surface area contributed by atoms with Crippen molar-refractivity contribution in [2.24, 2.45) is 20.0 Å². The minimum atomic E-state index is -0.436. The van der Waals surface area contributed by atoms with E-state index in [1.54, 1.807) is 31.3 Å². The van der Waals surface area contributed by atoms with Crippen molar-refractivity contribution in [2.45, 2.75) is 32.0 Å². The van der Waals surface area contributed by atoms with Gasteiger partial charge in [-0.3, -0.25) is 18.7 Å². The third-order valence-electron chi connectivity index (χ3n) is 4.72. The highest BCUT2D eigenvalue weighted by atomic mass is 35.5. The molecule has 0 unspecified atom stereocenters. The van der Waals surface area contributed by atoms with Crippen molar-refractivity contribution in [1.29, 1.82) is 0 Å². The third kappa shape index (κ3) is 4.46. The second-order valence-electron chi connectivity index (χ2n) is 7.42. The van der Waals surface area contributed by atoms with Crippen LogP contribution in [0.5, 0.6) is 0 Å². The van der Waals surface area contributed by atoms with Gasteiger partial charge in [0.1, 0.15) is 0 Å². The van der Waals surface area contributed by atoms with Crippen LogP contribution in [0.15, 0.2) is 39.0 Å². The number of para-hydroxylation sites is 1. The molecule has 160 valence electrons. The summed E-state index contributed by atoms with van der Waals surface area (Å²) in [6.45, 7) is 4.75. The van der Waals surface area contributed by atoms with Gasteiger partial charge in [-0.2, -0.15) is 0 Å². The second kappa shape index (κ2) is 9.09. The molecule has 2 aromatic heterocycles. The summed E-state index contributed by atoms with van der Waals surface area (Å²) in [6, 6.07) is 7.00. The lowest BCUT2D eigenvalue weighted by Gasteiger charge is -2.11. The normalized spacial score (nSPS) is 11.4. The van der Waals surface area contributed by atoms with E-state index in [0.717, 1.165) is 11.0 Å². The lowest BCUT2D eigenvalue weighted by molar-refractivity contribution is -0.113. The van der Waals surface area contributed by atoms with Crippen LogP contribution in [-0.4, -0.2) is 30.3 Å². The SMILES string of the molecule is CC(C)CCn1c(SCC(=O)Nc2ccccc2Cl)nc2c1c(=O)n(C)c(=O)n2C. The van der Waals surface area contributed by atoms with Crippen LogP contribution in [0.1, 0.15) is 20.3 Å². The number of carbonyl (C=O) groups is 1. The molecule has 1 N–H and O–H groups in total. The number of halogens is 1. The lowest BCUT2D eigenvalue weighted by atomic mass is 10.1. The van der Waals surface area contributed by atoms with E-state index < -0.39 is 11.2 Å². The van der Waals surface area contributed by atoms with Gasteiger partial charge < -0.3 is 9.88 Å². The molecule has 0 aliphatic heterocycles. The van der Waals surface area contributed by atoms with Gasteiger partial charge in [0, 0.05) is 20.6 Å². The molecule has 3 rings (SSSR count). The van der Waals surface area contributed by atoms with E-state index in [0.29, 0.717) is 39.5 Å². The Morgan fingerprint density at radius 3 is 2.57 bits per heavy atom. The van der Waals surface area contributed by atoms with Crippen molar-refractivity contribution in [2.75, 3.05) is 11.1 Å². The average Bonchev–Trinajstić information content (AvgIpc) is 3.08. The molecule has 3 aromatic rings. The Labute approximate surface area is 182 Å². The molecule has 30 heavy (non-hydrogen) atoms. The topological polar surface area (TPSA) is 90.9 Å². The number of rotatable bonds is 7. The number of benzene rings is 1. The number of anilines is 1. The fraction of sp³-hybridized carbons (Fsp3) is 0.400. The van der Waals surface area contributed by atoms with Gasteiger partial charge in [0.15, 0.2) is 16.3 Å². The molecular formula is C20H24ClN5O3S. The number of hydrogen-bond donors (Lipinski definition) is 1. The first-order valence-corrected chi connectivity index (χ1v) is 10.9. The molecule has 0 spiro atoms. The Balaban J connectivity index is 1.93. The van der Waals surface area contributed by atoms with Crippen LogP contribution < -0.4 is 16.6 Å². The van der Waals surface area contributed by atoms with Gasteiger partial charge in [-0.25, -0.2) is 9.78 Å². The summed E-state index contributed by atoms with van der Waals surface area (Å²) in [7, 11) is 3.04. The van der Waals surface area contributed by atoms with Gasteiger partial charge in [-0.05, 0) is 24.5 Å². The molecule has 2 heterocycles. The zero-order chi connectivity index (χ0) is 22.0. The molecule has 0 saturated heterocycles. The molecule has 10 heteroatoms. The number of amides is 1. The first-order chi connectivity index (χ1) is 14.2. The predicted molar refractivity (Wildman–Crippen MR) is 120 cm³/mol. The summed E-state index contributed by atoms with van der Waals surface area (Å²) in [5.74, 6) is 0.266. The number of carbonyl (C=O) groups excluding carboxylic acids is 1. The molecule has 0 radical (unpaired) electrons. The Kier molecular flexibility index (Phi) is 6.72. The number of fused-ring (bicyclic) bond motifs is 1. The van der Waals surface area contributed by atoms with E-state index in [-0.39, 0.29) is 11.7 Å². The highest BCUT2D eigenvalue weighted by molar-refractivity contribution is 7.99. The van der Waals surface area contributed by atoms with E-state index in [1.807, 2.05) is 4.57 Å². The number of nitrogens with zero attached hydrogens (tertiary/aromatic N) is 4. The van der Waals surface area contributed by atoms with Gasteiger partial charge in [0.05, 0.1) is 16.5 Å². The van der Waals surface area contributed by atoms with Crippen LogP contribution in [0.4, 0.5) is 5.69 Å². The van der Waals surface area contributed by atoms with Crippen molar-refractivity contribution in [3.8, 4) is 0 Å². The van der Waals surface area contributed by atoms with Gasteiger partial charge in [-0.1, -0.05) is 49.3 Å². The summed E-state index contributed by atoms with van der Waals surface area (Å²) in [4.78, 5) is 42.0. The Morgan fingerprint density at radius 2 is 1.90 bits per heavy atom. The standard InChI is InChI=1S/C20H24ClN5O3S/c1-12(2)9-10-26-16-17(24(3)20(29)25(4)18(16)28)23-19(26)30-11-15(27)22-14-8-6-5-7-13(14)21/h5-8,12H,9-11H2,1-4H3,(H,22,27). The van der Waals surface area contributed by atoms with Crippen LogP contribution in [0.2, 0.25) is 5.02 Å². The highest BCUT2D eigenvalue weighted by Gasteiger charge is 2.20. The van der Waals surface area contributed by atoms with Gasteiger partial charge >= 0.3 is 5.69 Å². The summed E-state index contributed by atoms with van der Waals surface area (Å²) < 4.78 is 4.25. The molecule has 0 atom stereocenters. The molecule has 8 nitrogen and oxygen atoms in total. The molecule has 0 aliphatic carbocycles. The van der Waals surface area contributed by atoms with Crippen LogP contribution in [0.25, 0.3) is 11.2 Å². The first kappa shape index (κ1) is 22.2. The first-order valence-electron chi connectivity index (χ1n) is 9.54. The maximum absolute atomic E-state index is 12.8. The minimum absolute atomic E-state index is 0.0878. The van der Waals surface area contributed by atoms with Crippen LogP contribution in [0, 0.1) is 5.92 Å². The van der Waals surface area contributed by atoms with Crippen molar-refractivity contribution < 1.29 is 4.79 Å². The Bertz CT molecular complexity index is 1210. The molecular weight excluding hydrogens is 426 g/mol. The molecule has 0 bridgehead atoms. The third-order valence-corrected chi connectivity index (χ3v) is 6.03. The smallest absolute Gasteiger partial charge is 0.324 e. The summed E-state index contributed by atoms with van der Waals surface area (Å²) >= 11 is 7.31. The molecule has 1 aromatic carbocycles. The molecule has 0 fully saturated rings. The van der Waals surface area contributed by atoms with E-state index in [1.165, 1.54) is 23.4 Å². The fourth-order valence-corrected chi connectivity index (χ4v) is 4.02. The molecule has 0 saturated carbocycles. The lowest BCUT2D eigenvalue weighted by Crippen LogP contribution is -2.37. The summed E-state index contributed by atoms with van der Waals surface area (Å²) in [6.07, 6.45) is 0.830. The number of nitrogens with one attached hydrogen (secondary N) is 1. The summed E-state index contributed by atoms with van der Waals surface area (Å²) in [5, 5.41) is 3.76. The number of hydrogen-bond acceptors (Lipinski definition) is 5. The Hall–Kier alpha value is -2.52. The van der Waals surface area contributed by atoms with Crippen molar-refractivity contribution in [1.82, 2.24) is 18.7 Å². The van der Waals surface area contributed by atoms with E-state index in [2.05, 4.69) is 24.1 Å². The quantitative estimate of drug-likeness (QED) is 0.560. The van der Waals surface area contributed by atoms with Gasteiger partial charge in [-0.15, -0.1) is 0 Å². The van der Waals surface area contributed by atoms with Crippen LogP contribution >= 0.6 is 23.4 Å². The zero-order valence-corrected chi connectivity index (χ0v) is 18.9. The fourth-order valence-electron chi connectivity index (χ4n) is 3.01. The van der Waals surface area contributed by atoms with Crippen LogP contribution in [-0.2, 0) is 25.4 Å². The molecule has 1 amide bonds. The van der Waals surface area contributed by atoms with Crippen LogP contribution in [0.3, 0.4) is 0 Å². The monoisotopic (exact) mass is 449 g/mol. The maximum atomic E-state index is 12.8. The average molecular weight is 450 g/mol. The zero-order valence-electron chi connectivity index (χ0n) is 17.3. The van der Waals surface area contributed by atoms with Gasteiger partial charge in [0.2, 0.25) is 5.91 Å². The largest absolute Gasteiger partial charge is 0.332 e. The molecule has 0 aliphatic rings. The summed E-state index contributed by atoms with van der Waals surface area (Å²) in [5.41, 5.74) is 0.398. The minimum Gasteiger partial charge on any atom is -0.324 e. The maximum Gasteiger partial charge on any atom is 0.332 e.